The highest BCUT2D eigenvalue weighted by Crippen LogP contribution is 2.35. The van der Waals surface area contributed by atoms with Crippen molar-refractivity contribution in [3.63, 3.8) is 0 Å². The maximum atomic E-state index is 13.9. The summed E-state index contributed by atoms with van der Waals surface area (Å²) in [6.07, 6.45) is -3.38. The zero-order valence-electron chi connectivity index (χ0n) is 23.4. The van der Waals surface area contributed by atoms with Gasteiger partial charge in [-0.25, -0.2) is 14.4 Å². The summed E-state index contributed by atoms with van der Waals surface area (Å²) in [5, 5.41) is 6.45. The number of ether oxygens (including phenoxy) is 1. The van der Waals surface area contributed by atoms with Crippen molar-refractivity contribution in [2.45, 2.75) is 76.0 Å². The van der Waals surface area contributed by atoms with Crippen molar-refractivity contribution in [1.29, 1.82) is 0 Å². The summed E-state index contributed by atoms with van der Waals surface area (Å²) in [4.78, 5) is 11.0. The number of benzene rings is 2. The molecule has 1 saturated heterocycles. The van der Waals surface area contributed by atoms with Gasteiger partial charge in [-0.2, -0.15) is 26.3 Å². The van der Waals surface area contributed by atoms with Gasteiger partial charge in [0.15, 0.2) is 0 Å². The quantitative estimate of drug-likeness (QED) is 0.266. The summed E-state index contributed by atoms with van der Waals surface area (Å²) in [5.74, 6) is -0.0296. The minimum atomic E-state index is -4.73. The molecule has 2 heterocycles. The number of anilines is 3. The summed E-state index contributed by atoms with van der Waals surface area (Å²) in [6.45, 7) is 3.32. The highest BCUT2D eigenvalue weighted by molar-refractivity contribution is 5.51. The summed E-state index contributed by atoms with van der Waals surface area (Å²) in [6, 6.07) is 8.03. The lowest BCUT2D eigenvalue weighted by Crippen LogP contribution is -2.40. The van der Waals surface area contributed by atoms with Gasteiger partial charge in [-0.1, -0.05) is 0 Å². The van der Waals surface area contributed by atoms with E-state index in [-0.39, 0.29) is 18.2 Å². The lowest BCUT2D eigenvalue weighted by atomic mass is 9.92. The zero-order valence-corrected chi connectivity index (χ0v) is 23.4. The van der Waals surface area contributed by atoms with Gasteiger partial charge in [-0.05, 0) is 87.9 Å². The first-order valence-electron chi connectivity index (χ1n) is 14.2. The van der Waals surface area contributed by atoms with Crippen molar-refractivity contribution >= 4 is 17.2 Å². The maximum Gasteiger partial charge on any atom is 0.419 e. The second kappa shape index (κ2) is 12.5. The molecule has 1 aliphatic heterocycles. The molecule has 6 nitrogen and oxygen atoms in total. The van der Waals surface area contributed by atoms with Crippen LogP contribution in [0.25, 0.3) is 0 Å². The van der Waals surface area contributed by atoms with E-state index in [1.54, 1.807) is 0 Å². The molecule has 2 aromatic carbocycles. The Labute approximate surface area is 244 Å². The van der Waals surface area contributed by atoms with Crippen molar-refractivity contribution in [1.82, 2.24) is 9.97 Å². The summed E-state index contributed by atoms with van der Waals surface area (Å²) < 4.78 is 97.2. The SMILES string of the molecule is Cc1c(OC2CCC(Nc3ccc(C(F)(F)F)c(F)c3)CC2)ncnc1N1CCC(Nc2ccc(C(F)(F)F)cc2)CC1. The topological polar surface area (TPSA) is 62.3 Å². The van der Waals surface area contributed by atoms with Gasteiger partial charge in [-0.15, -0.1) is 0 Å². The van der Waals surface area contributed by atoms with Crippen LogP contribution in [0, 0.1) is 12.7 Å². The molecule has 3 aromatic rings. The number of hydrogen-bond donors (Lipinski definition) is 2. The number of aromatic nitrogens is 2. The average Bonchev–Trinajstić information content (AvgIpc) is 2.95. The first kappa shape index (κ1) is 30.7. The van der Waals surface area contributed by atoms with Crippen LogP contribution in [0.3, 0.4) is 0 Å². The van der Waals surface area contributed by atoms with Crippen LogP contribution in [0.5, 0.6) is 5.88 Å². The number of nitrogens with one attached hydrogen (secondary N) is 2. The highest BCUT2D eigenvalue weighted by atomic mass is 19.4. The molecule has 0 atom stereocenters. The predicted octanol–water partition coefficient (Wildman–Crippen LogP) is 7.84. The molecule has 2 fully saturated rings. The minimum Gasteiger partial charge on any atom is -0.474 e. The van der Waals surface area contributed by atoms with Crippen LogP contribution in [0.2, 0.25) is 0 Å². The molecule has 5 rings (SSSR count). The number of rotatable bonds is 7. The van der Waals surface area contributed by atoms with Crippen LogP contribution in [0.15, 0.2) is 48.8 Å². The van der Waals surface area contributed by atoms with E-state index in [1.807, 2.05) is 6.92 Å². The van der Waals surface area contributed by atoms with E-state index in [2.05, 4.69) is 25.5 Å². The average molecular weight is 612 g/mol. The predicted molar refractivity (Wildman–Crippen MR) is 149 cm³/mol. The lowest BCUT2D eigenvalue weighted by Gasteiger charge is -2.35. The first-order valence-corrected chi connectivity index (χ1v) is 14.2. The fourth-order valence-electron chi connectivity index (χ4n) is 5.64. The molecule has 43 heavy (non-hydrogen) atoms. The van der Waals surface area contributed by atoms with Gasteiger partial charge in [-0.3, -0.25) is 0 Å². The molecular weight excluding hydrogens is 579 g/mol. The van der Waals surface area contributed by atoms with Crippen molar-refractivity contribution in [3.05, 3.63) is 71.3 Å². The molecule has 0 spiro atoms. The van der Waals surface area contributed by atoms with E-state index in [4.69, 9.17) is 4.74 Å². The van der Waals surface area contributed by atoms with Gasteiger partial charge in [0, 0.05) is 36.5 Å². The Morgan fingerprint density at radius 3 is 1.98 bits per heavy atom. The Kier molecular flexibility index (Phi) is 8.89. The fraction of sp³-hybridized carbons (Fsp3) is 0.467. The van der Waals surface area contributed by atoms with Crippen molar-refractivity contribution in [2.24, 2.45) is 0 Å². The number of halogens is 7. The Bertz CT molecular complexity index is 1380. The van der Waals surface area contributed by atoms with E-state index in [0.717, 1.165) is 48.5 Å². The van der Waals surface area contributed by atoms with Gasteiger partial charge in [0.2, 0.25) is 5.88 Å². The molecule has 232 valence electrons. The molecule has 2 N–H and O–H groups in total. The van der Waals surface area contributed by atoms with Gasteiger partial charge >= 0.3 is 12.4 Å². The first-order chi connectivity index (χ1) is 20.4. The van der Waals surface area contributed by atoms with Crippen molar-refractivity contribution < 1.29 is 35.5 Å². The van der Waals surface area contributed by atoms with Crippen LogP contribution in [-0.2, 0) is 12.4 Å². The molecule has 2 aliphatic rings. The molecule has 0 bridgehead atoms. The van der Waals surface area contributed by atoms with Gasteiger partial charge in [0.05, 0.1) is 16.7 Å². The molecule has 1 aliphatic carbocycles. The van der Waals surface area contributed by atoms with Gasteiger partial charge in [0.25, 0.3) is 0 Å². The van der Waals surface area contributed by atoms with Gasteiger partial charge < -0.3 is 20.3 Å². The Morgan fingerprint density at radius 1 is 0.767 bits per heavy atom. The standard InChI is InChI=1S/C30H32F7N5O/c1-18-27(42-14-12-22(13-15-42)40-20-4-2-19(3-5-20)29(32,33)34)38-17-39-28(18)43-24-9-6-21(7-10-24)41-23-8-11-25(26(31)16-23)30(35,36)37/h2-5,8,11,16-17,21-22,24,40-41H,6-7,9-10,12-15H2,1H3. The normalized spacial score (nSPS) is 20.1. The lowest BCUT2D eigenvalue weighted by molar-refractivity contribution is -0.140. The van der Waals surface area contributed by atoms with E-state index in [9.17, 15) is 30.7 Å². The summed E-state index contributed by atoms with van der Waals surface area (Å²) in [5.41, 5.74) is -0.183. The Morgan fingerprint density at radius 2 is 1.37 bits per heavy atom. The number of hydrogen-bond acceptors (Lipinski definition) is 6. The molecule has 0 radical (unpaired) electrons. The number of alkyl halides is 6. The number of piperidine rings is 1. The summed E-state index contributed by atoms with van der Waals surface area (Å²) >= 11 is 0. The zero-order chi connectivity index (χ0) is 30.8. The third kappa shape index (κ3) is 7.61. The molecule has 0 amide bonds. The maximum absolute atomic E-state index is 13.9. The third-order valence-corrected chi connectivity index (χ3v) is 7.99. The molecule has 1 saturated carbocycles. The highest BCUT2D eigenvalue weighted by Gasteiger charge is 2.34. The van der Waals surface area contributed by atoms with Crippen LogP contribution >= 0.6 is 0 Å². The van der Waals surface area contributed by atoms with Crippen LogP contribution in [-0.4, -0.2) is 41.2 Å². The second-order valence-electron chi connectivity index (χ2n) is 11.0. The fourth-order valence-corrected chi connectivity index (χ4v) is 5.64. The minimum absolute atomic E-state index is 0.0180. The van der Waals surface area contributed by atoms with Crippen molar-refractivity contribution in [2.75, 3.05) is 28.6 Å². The monoisotopic (exact) mass is 611 g/mol. The van der Waals surface area contributed by atoms with Crippen LogP contribution in [0.4, 0.5) is 47.9 Å². The van der Waals surface area contributed by atoms with E-state index in [1.165, 1.54) is 24.5 Å². The Hall–Kier alpha value is -3.77. The molecular formula is C30H32F7N5O. The molecule has 1 aromatic heterocycles. The van der Waals surface area contributed by atoms with Crippen molar-refractivity contribution in [3.8, 4) is 5.88 Å². The van der Waals surface area contributed by atoms with E-state index >= 15 is 0 Å². The van der Waals surface area contributed by atoms with Crippen LogP contribution in [0.1, 0.15) is 55.2 Å². The van der Waals surface area contributed by atoms with E-state index in [0.29, 0.717) is 56.0 Å². The van der Waals surface area contributed by atoms with E-state index < -0.39 is 29.3 Å². The molecule has 0 unspecified atom stereocenters. The van der Waals surface area contributed by atoms with Crippen LogP contribution < -0.4 is 20.3 Å². The summed E-state index contributed by atoms with van der Waals surface area (Å²) in [7, 11) is 0. The van der Waals surface area contributed by atoms with Gasteiger partial charge in [0.1, 0.15) is 24.1 Å². The smallest absolute Gasteiger partial charge is 0.419 e. The third-order valence-electron chi connectivity index (χ3n) is 7.99. The Balaban J connectivity index is 1.11. The largest absolute Gasteiger partial charge is 0.474 e. The number of nitrogens with zero attached hydrogens (tertiary/aromatic N) is 3. The second-order valence-corrected chi connectivity index (χ2v) is 11.0. The molecule has 13 heteroatoms.